The maximum absolute atomic E-state index is 13.0. The molecule has 0 unspecified atom stereocenters. The van der Waals surface area contributed by atoms with Crippen LogP contribution in [0.4, 0.5) is 0 Å². The van der Waals surface area contributed by atoms with Gasteiger partial charge in [0, 0.05) is 21.5 Å². The summed E-state index contributed by atoms with van der Waals surface area (Å²) >= 11 is 18.9. The topological polar surface area (TPSA) is 71.3 Å². The zero-order valence-corrected chi connectivity index (χ0v) is 18.2. The number of amides is 1. The Hall–Kier alpha value is -2.21. The van der Waals surface area contributed by atoms with Gasteiger partial charge in [-0.25, -0.2) is 0 Å². The number of rotatable bonds is 5. The number of benzene rings is 2. The van der Waals surface area contributed by atoms with Crippen molar-refractivity contribution in [3.05, 3.63) is 62.7 Å². The molecule has 0 spiro atoms. The average Bonchev–Trinajstić information content (AvgIpc) is 3.29. The van der Waals surface area contributed by atoms with E-state index in [1.807, 2.05) is 0 Å². The first-order chi connectivity index (χ1) is 14.3. The van der Waals surface area contributed by atoms with E-state index in [9.17, 15) is 14.7 Å². The number of fused-ring (bicyclic) bond motifs is 1. The number of carbonyl (C=O) groups is 2. The number of aromatic hydroxyl groups is 1. The molecular formula is C22H19Cl3N2O3. The molecule has 2 aromatic carbocycles. The van der Waals surface area contributed by atoms with Gasteiger partial charge in [0.25, 0.3) is 11.7 Å². The highest BCUT2D eigenvalue weighted by atomic mass is 35.5. The predicted molar refractivity (Wildman–Crippen MR) is 119 cm³/mol. The van der Waals surface area contributed by atoms with E-state index in [2.05, 4.69) is 5.32 Å². The van der Waals surface area contributed by atoms with E-state index >= 15 is 0 Å². The first-order valence-electron chi connectivity index (χ1n) is 9.65. The van der Waals surface area contributed by atoms with E-state index in [1.165, 1.54) is 12.1 Å². The molecule has 0 bridgehead atoms. The summed E-state index contributed by atoms with van der Waals surface area (Å²) in [7, 11) is 0. The number of hydrogen-bond acceptors (Lipinski definition) is 3. The van der Waals surface area contributed by atoms with E-state index in [0.717, 1.165) is 31.2 Å². The number of halogens is 3. The van der Waals surface area contributed by atoms with Crippen molar-refractivity contribution in [2.24, 2.45) is 0 Å². The molecule has 1 saturated carbocycles. The van der Waals surface area contributed by atoms with Gasteiger partial charge in [-0.1, -0.05) is 53.7 Å². The summed E-state index contributed by atoms with van der Waals surface area (Å²) in [6, 6.07) is 9.74. The van der Waals surface area contributed by atoms with Crippen LogP contribution in [0, 0.1) is 0 Å². The molecule has 0 saturated heterocycles. The van der Waals surface area contributed by atoms with Crippen LogP contribution in [0.25, 0.3) is 10.9 Å². The lowest BCUT2D eigenvalue weighted by molar-refractivity contribution is -0.117. The minimum Gasteiger partial charge on any atom is -0.508 e. The number of ketones is 1. The third-order valence-corrected chi connectivity index (χ3v) is 6.43. The van der Waals surface area contributed by atoms with Crippen molar-refractivity contribution in [2.75, 3.05) is 0 Å². The van der Waals surface area contributed by atoms with Gasteiger partial charge >= 0.3 is 0 Å². The summed E-state index contributed by atoms with van der Waals surface area (Å²) in [4.78, 5) is 25.6. The molecule has 5 nitrogen and oxygen atoms in total. The van der Waals surface area contributed by atoms with E-state index in [0.29, 0.717) is 20.9 Å². The Kier molecular flexibility index (Phi) is 5.96. The Morgan fingerprint density at radius 1 is 1.07 bits per heavy atom. The molecule has 3 aromatic rings. The standard InChI is InChI=1S/C22H19Cl3N2O3/c23-13-6-5-12(17(24)9-13)11-27-18-8-7-15(28)10-16(18)19(21(27)25)20(29)22(30)26-14-3-1-2-4-14/h5-10,14,28H,1-4,11H2,(H,26,30). The molecule has 0 aliphatic heterocycles. The Labute approximate surface area is 188 Å². The lowest BCUT2D eigenvalue weighted by Crippen LogP contribution is -2.37. The number of phenols is 1. The molecule has 8 heteroatoms. The van der Waals surface area contributed by atoms with Crippen LogP contribution < -0.4 is 5.32 Å². The predicted octanol–water partition coefficient (Wildman–Crippen LogP) is 5.60. The number of carbonyl (C=O) groups excluding carboxylic acids is 2. The molecular weight excluding hydrogens is 447 g/mol. The molecule has 4 rings (SSSR count). The van der Waals surface area contributed by atoms with Gasteiger partial charge in [0.05, 0.1) is 17.6 Å². The molecule has 0 atom stereocenters. The van der Waals surface area contributed by atoms with Crippen LogP contribution >= 0.6 is 34.8 Å². The van der Waals surface area contributed by atoms with Crippen LogP contribution in [0.5, 0.6) is 5.75 Å². The van der Waals surface area contributed by atoms with Gasteiger partial charge in [-0.3, -0.25) is 9.59 Å². The van der Waals surface area contributed by atoms with Gasteiger partial charge in [-0.05, 0) is 48.7 Å². The quantitative estimate of drug-likeness (QED) is 0.381. The molecule has 1 amide bonds. The highest BCUT2D eigenvalue weighted by Crippen LogP contribution is 2.34. The number of hydrogen-bond donors (Lipinski definition) is 2. The number of aromatic nitrogens is 1. The monoisotopic (exact) mass is 464 g/mol. The molecule has 1 fully saturated rings. The second kappa shape index (κ2) is 8.50. The van der Waals surface area contributed by atoms with E-state index in [-0.39, 0.29) is 29.1 Å². The highest BCUT2D eigenvalue weighted by molar-refractivity contribution is 6.49. The lowest BCUT2D eigenvalue weighted by atomic mass is 10.1. The van der Waals surface area contributed by atoms with Gasteiger partial charge in [-0.2, -0.15) is 0 Å². The maximum Gasteiger partial charge on any atom is 0.292 e. The molecule has 1 aliphatic carbocycles. The third kappa shape index (κ3) is 4.02. The summed E-state index contributed by atoms with van der Waals surface area (Å²) in [5.41, 5.74) is 1.44. The van der Waals surface area contributed by atoms with Crippen molar-refractivity contribution in [1.29, 1.82) is 0 Å². The van der Waals surface area contributed by atoms with Crippen molar-refractivity contribution in [1.82, 2.24) is 9.88 Å². The van der Waals surface area contributed by atoms with Gasteiger partial charge in [0.15, 0.2) is 0 Å². The van der Waals surface area contributed by atoms with Crippen molar-refractivity contribution < 1.29 is 14.7 Å². The fourth-order valence-electron chi connectivity index (χ4n) is 3.94. The fourth-order valence-corrected chi connectivity index (χ4v) is 4.74. The average molecular weight is 466 g/mol. The minimum absolute atomic E-state index is 0.00912. The Bertz CT molecular complexity index is 1150. The van der Waals surface area contributed by atoms with E-state index in [1.54, 1.807) is 28.8 Å². The number of Topliss-reactive ketones (excluding diaryl/α,β-unsaturated/α-hetero) is 1. The Balaban J connectivity index is 1.76. The maximum atomic E-state index is 13.0. The highest BCUT2D eigenvalue weighted by Gasteiger charge is 2.29. The van der Waals surface area contributed by atoms with Crippen molar-refractivity contribution in [2.45, 2.75) is 38.3 Å². The first kappa shape index (κ1) is 21.0. The van der Waals surface area contributed by atoms with E-state index < -0.39 is 11.7 Å². The smallest absolute Gasteiger partial charge is 0.292 e. The fraction of sp³-hybridized carbons (Fsp3) is 0.273. The molecule has 0 radical (unpaired) electrons. The second-order valence-electron chi connectivity index (χ2n) is 7.47. The number of nitrogens with zero attached hydrogens (tertiary/aromatic N) is 1. The van der Waals surface area contributed by atoms with Crippen LogP contribution in [-0.2, 0) is 11.3 Å². The van der Waals surface area contributed by atoms with E-state index in [4.69, 9.17) is 34.8 Å². The zero-order valence-electron chi connectivity index (χ0n) is 15.9. The summed E-state index contributed by atoms with van der Waals surface area (Å²) in [5, 5.41) is 14.3. The van der Waals surface area contributed by atoms with Gasteiger partial charge < -0.3 is 15.0 Å². The van der Waals surface area contributed by atoms with Crippen LogP contribution in [0.3, 0.4) is 0 Å². The van der Waals surface area contributed by atoms with Crippen LogP contribution in [0.2, 0.25) is 15.2 Å². The molecule has 156 valence electrons. The second-order valence-corrected chi connectivity index (χ2v) is 8.67. The van der Waals surface area contributed by atoms with Gasteiger partial charge in [-0.15, -0.1) is 0 Å². The summed E-state index contributed by atoms with van der Waals surface area (Å²) in [6.07, 6.45) is 3.80. The van der Waals surface area contributed by atoms with Crippen molar-refractivity contribution >= 4 is 57.4 Å². The summed E-state index contributed by atoms with van der Waals surface area (Å²) in [5.74, 6) is -1.43. The van der Waals surface area contributed by atoms with Crippen LogP contribution in [0.1, 0.15) is 41.6 Å². The molecule has 1 heterocycles. The van der Waals surface area contributed by atoms with Gasteiger partial charge in [0.1, 0.15) is 10.9 Å². The Morgan fingerprint density at radius 2 is 1.80 bits per heavy atom. The van der Waals surface area contributed by atoms with Crippen LogP contribution in [0.15, 0.2) is 36.4 Å². The first-order valence-corrected chi connectivity index (χ1v) is 10.8. The third-order valence-electron chi connectivity index (χ3n) is 5.45. The molecule has 1 aliphatic rings. The number of nitrogens with one attached hydrogen (secondary N) is 1. The molecule has 1 aromatic heterocycles. The SMILES string of the molecule is O=C(NC1CCCC1)C(=O)c1c(Cl)n(Cc2ccc(Cl)cc2Cl)c2ccc(O)cc12. The largest absolute Gasteiger partial charge is 0.508 e. The summed E-state index contributed by atoms with van der Waals surface area (Å²) < 4.78 is 1.70. The lowest BCUT2D eigenvalue weighted by Gasteiger charge is -2.11. The van der Waals surface area contributed by atoms with Gasteiger partial charge in [0.2, 0.25) is 0 Å². The molecule has 2 N–H and O–H groups in total. The summed E-state index contributed by atoms with van der Waals surface area (Å²) in [6.45, 7) is 0.271. The molecule has 30 heavy (non-hydrogen) atoms. The van der Waals surface area contributed by atoms with Crippen molar-refractivity contribution in [3.8, 4) is 5.75 Å². The zero-order chi connectivity index (χ0) is 21.4. The minimum atomic E-state index is -0.719. The van der Waals surface area contributed by atoms with Crippen LogP contribution in [-0.4, -0.2) is 27.4 Å². The van der Waals surface area contributed by atoms with Crippen molar-refractivity contribution in [3.63, 3.8) is 0 Å². The normalized spacial score (nSPS) is 14.4. The number of phenolic OH excluding ortho intramolecular Hbond substituents is 1. The Morgan fingerprint density at radius 3 is 2.50 bits per heavy atom.